The van der Waals surface area contributed by atoms with E-state index in [0.717, 1.165) is 0 Å². The third-order valence-corrected chi connectivity index (χ3v) is 2.67. The van der Waals surface area contributed by atoms with Crippen LogP contribution in [0.5, 0.6) is 0 Å². The molecule has 3 nitrogen and oxygen atoms in total. The molecule has 2 unspecified atom stereocenters. The van der Waals surface area contributed by atoms with Crippen LogP contribution >= 0.6 is 23.2 Å². The van der Waals surface area contributed by atoms with E-state index in [9.17, 15) is 15.0 Å². The number of Topliss-reactive ketones (excluding diaryl/α,β-unsaturated/α-hetero) is 1. The molecule has 82 valence electrons. The maximum Gasteiger partial charge on any atom is 0.161 e. The minimum Gasteiger partial charge on any atom is -0.385 e. The molecule has 0 aliphatic heterocycles. The lowest BCUT2D eigenvalue weighted by Gasteiger charge is -2.17. The first kappa shape index (κ1) is 12.5. The Bertz CT molecular complexity index is 359. The minimum absolute atomic E-state index is 0.170. The van der Waals surface area contributed by atoms with Crippen molar-refractivity contribution in [1.82, 2.24) is 0 Å². The zero-order valence-electron chi connectivity index (χ0n) is 7.95. The van der Waals surface area contributed by atoms with Crippen LogP contribution in [0.25, 0.3) is 0 Å². The van der Waals surface area contributed by atoms with Gasteiger partial charge in [0.05, 0.1) is 0 Å². The molecule has 15 heavy (non-hydrogen) atoms. The summed E-state index contributed by atoms with van der Waals surface area (Å²) in [5.74, 6) is -0.543. The van der Waals surface area contributed by atoms with Crippen molar-refractivity contribution in [2.45, 2.75) is 19.1 Å². The van der Waals surface area contributed by atoms with Gasteiger partial charge in [0.25, 0.3) is 0 Å². The summed E-state index contributed by atoms with van der Waals surface area (Å²) in [4.78, 5) is 10.9. The summed E-state index contributed by atoms with van der Waals surface area (Å²) < 4.78 is 0. The Labute approximate surface area is 97.2 Å². The highest BCUT2D eigenvalue weighted by molar-refractivity contribution is 6.36. The molecule has 0 aliphatic rings. The summed E-state index contributed by atoms with van der Waals surface area (Å²) in [6.07, 6.45) is -2.91. The number of hydrogen-bond donors (Lipinski definition) is 2. The molecule has 0 saturated carbocycles. The second-order valence-electron chi connectivity index (χ2n) is 3.14. The summed E-state index contributed by atoms with van der Waals surface area (Å²) in [6.45, 7) is 1.18. The SMILES string of the molecule is CC(=O)C(O)C(O)c1c(Cl)cccc1Cl. The van der Waals surface area contributed by atoms with Crippen LogP contribution in [0.3, 0.4) is 0 Å². The van der Waals surface area contributed by atoms with E-state index in [0.29, 0.717) is 0 Å². The van der Waals surface area contributed by atoms with Crippen molar-refractivity contribution in [3.05, 3.63) is 33.8 Å². The van der Waals surface area contributed by atoms with Gasteiger partial charge in [0, 0.05) is 15.6 Å². The molecular weight excluding hydrogens is 239 g/mol. The first-order valence-electron chi connectivity index (χ1n) is 4.25. The number of carbonyl (C=O) groups is 1. The third kappa shape index (κ3) is 2.69. The van der Waals surface area contributed by atoms with Crippen LogP contribution in [-0.2, 0) is 4.79 Å². The number of rotatable bonds is 3. The number of halogens is 2. The molecule has 1 aromatic rings. The molecule has 5 heteroatoms. The van der Waals surface area contributed by atoms with E-state index in [-0.39, 0.29) is 15.6 Å². The van der Waals surface area contributed by atoms with Gasteiger partial charge < -0.3 is 10.2 Å². The molecular formula is C10H10Cl2O3. The van der Waals surface area contributed by atoms with Crippen molar-refractivity contribution in [2.75, 3.05) is 0 Å². The van der Waals surface area contributed by atoms with Gasteiger partial charge in [0.2, 0.25) is 0 Å². The average Bonchev–Trinajstić information content (AvgIpc) is 2.15. The van der Waals surface area contributed by atoms with Crippen LogP contribution < -0.4 is 0 Å². The van der Waals surface area contributed by atoms with E-state index >= 15 is 0 Å². The smallest absolute Gasteiger partial charge is 0.161 e. The molecule has 0 aromatic heterocycles. The van der Waals surface area contributed by atoms with Crippen molar-refractivity contribution in [3.63, 3.8) is 0 Å². The van der Waals surface area contributed by atoms with Gasteiger partial charge in [-0.2, -0.15) is 0 Å². The highest BCUT2D eigenvalue weighted by Gasteiger charge is 2.26. The van der Waals surface area contributed by atoms with E-state index in [2.05, 4.69) is 0 Å². The maximum absolute atomic E-state index is 10.9. The number of hydrogen-bond acceptors (Lipinski definition) is 3. The van der Waals surface area contributed by atoms with Gasteiger partial charge in [-0.05, 0) is 19.1 Å². The fourth-order valence-electron chi connectivity index (χ4n) is 1.17. The van der Waals surface area contributed by atoms with Crippen molar-refractivity contribution in [2.24, 2.45) is 0 Å². The van der Waals surface area contributed by atoms with Crippen LogP contribution in [0, 0.1) is 0 Å². The molecule has 1 rings (SSSR count). The predicted molar refractivity (Wildman–Crippen MR) is 58.1 cm³/mol. The zero-order valence-corrected chi connectivity index (χ0v) is 9.46. The fraction of sp³-hybridized carbons (Fsp3) is 0.300. The van der Waals surface area contributed by atoms with Crippen molar-refractivity contribution in [1.29, 1.82) is 0 Å². The number of ketones is 1. The topological polar surface area (TPSA) is 57.5 Å². The number of benzene rings is 1. The van der Waals surface area contributed by atoms with Crippen LogP contribution in [0.4, 0.5) is 0 Å². The quantitative estimate of drug-likeness (QED) is 0.861. The molecule has 0 heterocycles. The zero-order chi connectivity index (χ0) is 11.6. The lowest BCUT2D eigenvalue weighted by molar-refractivity contribution is -0.130. The Morgan fingerprint density at radius 1 is 1.27 bits per heavy atom. The van der Waals surface area contributed by atoms with E-state index < -0.39 is 18.0 Å². The molecule has 1 aromatic carbocycles. The normalized spacial score (nSPS) is 14.7. The maximum atomic E-state index is 10.9. The highest BCUT2D eigenvalue weighted by atomic mass is 35.5. The van der Waals surface area contributed by atoms with Crippen molar-refractivity contribution in [3.8, 4) is 0 Å². The van der Waals surface area contributed by atoms with Gasteiger partial charge >= 0.3 is 0 Å². The number of aliphatic hydroxyl groups is 2. The summed E-state index contributed by atoms with van der Waals surface area (Å²) in [6, 6.07) is 4.67. The Morgan fingerprint density at radius 2 is 1.73 bits per heavy atom. The van der Waals surface area contributed by atoms with E-state index in [1.807, 2.05) is 0 Å². The van der Waals surface area contributed by atoms with Gasteiger partial charge in [-0.25, -0.2) is 0 Å². The van der Waals surface area contributed by atoms with Crippen molar-refractivity contribution >= 4 is 29.0 Å². The van der Waals surface area contributed by atoms with Gasteiger partial charge in [-0.3, -0.25) is 4.79 Å². The highest BCUT2D eigenvalue weighted by Crippen LogP contribution is 2.32. The standard InChI is InChI=1S/C10H10Cl2O3/c1-5(13)9(14)10(15)8-6(11)3-2-4-7(8)12/h2-4,9-10,14-15H,1H3. The van der Waals surface area contributed by atoms with E-state index in [1.165, 1.54) is 19.1 Å². The summed E-state index contributed by atoms with van der Waals surface area (Å²) >= 11 is 11.6. The second-order valence-corrected chi connectivity index (χ2v) is 3.95. The van der Waals surface area contributed by atoms with Gasteiger partial charge in [0.15, 0.2) is 5.78 Å². The van der Waals surface area contributed by atoms with Gasteiger partial charge in [-0.15, -0.1) is 0 Å². The van der Waals surface area contributed by atoms with E-state index in [4.69, 9.17) is 23.2 Å². The van der Waals surface area contributed by atoms with Crippen molar-refractivity contribution < 1.29 is 15.0 Å². The van der Waals surface area contributed by atoms with Gasteiger partial charge in [0.1, 0.15) is 12.2 Å². The Morgan fingerprint density at radius 3 is 2.13 bits per heavy atom. The molecule has 0 radical (unpaired) electrons. The van der Waals surface area contributed by atoms with Crippen LogP contribution in [-0.4, -0.2) is 22.1 Å². The Balaban J connectivity index is 3.10. The third-order valence-electron chi connectivity index (χ3n) is 2.01. The molecule has 0 spiro atoms. The summed E-state index contributed by atoms with van der Waals surface area (Å²) in [5.41, 5.74) is 0.170. The first-order valence-corrected chi connectivity index (χ1v) is 5.01. The Hall–Kier alpha value is -0.610. The van der Waals surface area contributed by atoms with Crippen LogP contribution in [0.1, 0.15) is 18.6 Å². The fourth-order valence-corrected chi connectivity index (χ4v) is 1.79. The molecule has 2 atom stereocenters. The molecule has 0 bridgehead atoms. The molecule has 0 amide bonds. The minimum atomic E-state index is -1.51. The number of aliphatic hydroxyl groups excluding tert-OH is 2. The van der Waals surface area contributed by atoms with Crippen LogP contribution in [0.15, 0.2) is 18.2 Å². The van der Waals surface area contributed by atoms with Crippen LogP contribution in [0.2, 0.25) is 10.0 Å². The number of carbonyl (C=O) groups excluding carboxylic acids is 1. The Kier molecular flexibility index (Phi) is 4.11. The molecule has 0 saturated heterocycles. The monoisotopic (exact) mass is 248 g/mol. The lowest BCUT2D eigenvalue weighted by Crippen LogP contribution is -2.26. The van der Waals surface area contributed by atoms with E-state index in [1.54, 1.807) is 6.07 Å². The second kappa shape index (κ2) is 4.94. The molecule has 0 aliphatic carbocycles. The molecule has 0 fully saturated rings. The predicted octanol–water partition coefficient (Wildman–Crippen LogP) is 1.98. The summed E-state index contributed by atoms with van der Waals surface area (Å²) in [5, 5.41) is 19.5. The van der Waals surface area contributed by atoms with Gasteiger partial charge in [-0.1, -0.05) is 29.3 Å². The largest absolute Gasteiger partial charge is 0.385 e. The molecule has 2 N–H and O–H groups in total. The summed E-state index contributed by atoms with van der Waals surface area (Å²) in [7, 11) is 0. The average molecular weight is 249 g/mol. The first-order chi connectivity index (χ1) is 6.95. The lowest BCUT2D eigenvalue weighted by atomic mass is 10.0.